The SMILES string of the molecule is CSCCCCn1c(Cl)nnc1-c1ccccc1. The number of nitrogens with zero attached hydrogens (tertiary/aromatic N) is 3. The van der Waals surface area contributed by atoms with E-state index < -0.39 is 0 Å². The van der Waals surface area contributed by atoms with Gasteiger partial charge in [-0.1, -0.05) is 30.3 Å². The number of thioether (sulfide) groups is 1. The molecule has 2 aromatic rings. The van der Waals surface area contributed by atoms with Gasteiger partial charge in [-0.25, -0.2) is 0 Å². The molecule has 1 aromatic carbocycles. The van der Waals surface area contributed by atoms with Gasteiger partial charge in [-0.3, -0.25) is 4.57 Å². The zero-order valence-corrected chi connectivity index (χ0v) is 11.9. The van der Waals surface area contributed by atoms with Crippen molar-refractivity contribution in [3.63, 3.8) is 0 Å². The van der Waals surface area contributed by atoms with Crippen molar-refractivity contribution < 1.29 is 0 Å². The van der Waals surface area contributed by atoms with Crippen molar-refractivity contribution in [2.75, 3.05) is 12.0 Å². The van der Waals surface area contributed by atoms with E-state index in [1.54, 1.807) is 0 Å². The van der Waals surface area contributed by atoms with E-state index in [1.165, 1.54) is 12.2 Å². The van der Waals surface area contributed by atoms with Crippen LogP contribution in [0, 0.1) is 0 Å². The summed E-state index contributed by atoms with van der Waals surface area (Å²) >= 11 is 7.96. The van der Waals surface area contributed by atoms with Gasteiger partial charge in [-0.2, -0.15) is 11.8 Å². The van der Waals surface area contributed by atoms with Gasteiger partial charge in [0.05, 0.1) is 0 Å². The first-order chi connectivity index (χ1) is 8.83. The molecule has 0 aliphatic heterocycles. The second-order valence-corrected chi connectivity index (χ2v) is 5.33. The van der Waals surface area contributed by atoms with Crippen molar-refractivity contribution in [2.45, 2.75) is 19.4 Å². The Labute approximate surface area is 117 Å². The Morgan fingerprint density at radius 3 is 2.67 bits per heavy atom. The predicted molar refractivity (Wildman–Crippen MR) is 78.1 cm³/mol. The highest BCUT2D eigenvalue weighted by atomic mass is 35.5. The lowest BCUT2D eigenvalue weighted by Crippen LogP contribution is -2.01. The maximum absolute atomic E-state index is 6.09. The van der Waals surface area contributed by atoms with E-state index in [0.29, 0.717) is 5.28 Å². The van der Waals surface area contributed by atoms with Crippen LogP contribution >= 0.6 is 23.4 Å². The van der Waals surface area contributed by atoms with Crippen molar-refractivity contribution in [3.05, 3.63) is 35.6 Å². The maximum atomic E-state index is 6.09. The molecule has 0 radical (unpaired) electrons. The topological polar surface area (TPSA) is 30.7 Å². The summed E-state index contributed by atoms with van der Waals surface area (Å²) in [6, 6.07) is 10.0. The van der Waals surface area contributed by atoms with Gasteiger partial charge in [0.1, 0.15) is 0 Å². The summed E-state index contributed by atoms with van der Waals surface area (Å²) in [7, 11) is 0. The molecular formula is C13H16ClN3S. The maximum Gasteiger partial charge on any atom is 0.225 e. The van der Waals surface area contributed by atoms with Crippen LogP contribution in [-0.2, 0) is 6.54 Å². The standard InChI is InChI=1S/C13H16ClN3S/c1-18-10-6-5-9-17-12(15-16-13(17)14)11-7-3-2-4-8-11/h2-4,7-8H,5-6,9-10H2,1H3. The molecule has 96 valence electrons. The summed E-state index contributed by atoms with van der Waals surface area (Å²) in [4.78, 5) is 0. The molecular weight excluding hydrogens is 266 g/mol. The number of rotatable bonds is 6. The van der Waals surface area contributed by atoms with E-state index in [-0.39, 0.29) is 0 Å². The first-order valence-electron chi connectivity index (χ1n) is 5.96. The molecule has 0 saturated carbocycles. The summed E-state index contributed by atoms with van der Waals surface area (Å²) in [5, 5.41) is 8.60. The first kappa shape index (κ1) is 13.4. The fourth-order valence-electron chi connectivity index (χ4n) is 1.80. The van der Waals surface area contributed by atoms with Gasteiger partial charge in [-0.15, -0.1) is 10.2 Å². The summed E-state index contributed by atoms with van der Waals surface area (Å²) in [5.74, 6) is 2.03. The van der Waals surface area contributed by atoms with Crippen molar-refractivity contribution in [1.82, 2.24) is 14.8 Å². The van der Waals surface area contributed by atoms with Crippen LogP contribution in [0.3, 0.4) is 0 Å². The van der Waals surface area contributed by atoms with Crippen molar-refractivity contribution >= 4 is 23.4 Å². The summed E-state index contributed by atoms with van der Waals surface area (Å²) < 4.78 is 1.98. The molecule has 0 saturated heterocycles. The molecule has 0 spiro atoms. The van der Waals surface area contributed by atoms with Crippen molar-refractivity contribution in [1.29, 1.82) is 0 Å². The lowest BCUT2D eigenvalue weighted by Gasteiger charge is -2.07. The average Bonchev–Trinajstić information content (AvgIpc) is 2.77. The van der Waals surface area contributed by atoms with Crippen LogP contribution in [0.4, 0.5) is 0 Å². The van der Waals surface area contributed by atoms with Crippen LogP contribution < -0.4 is 0 Å². The van der Waals surface area contributed by atoms with Gasteiger partial charge in [0.15, 0.2) is 5.82 Å². The summed E-state index contributed by atoms with van der Waals surface area (Å²) in [6.07, 6.45) is 4.41. The fourth-order valence-corrected chi connectivity index (χ4v) is 2.49. The second-order valence-electron chi connectivity index (χ2n) is 4.01. The average molecular weight is 282 g/mol. The molecule has 1 aromatic heterocycles. The quantitative estimate of drug-likeness (QED) is 0.756. The van der Waals surface area contributed by atoms with E-state index in [0.717, 1.165) is 24.4 Å². The Hall–Kier alpha value is -1.00. The normalized spacial score (nSPS) is 10.8. The summed E-state index contributed by atoms with van der Waals surface area (Å²) in [5.41, 5.74) is 1.06. The highest BCUT2D eigenvalue weighted by molar-refractivity contribution is 7.98. The Morgan fingerprint density at radius 2 is 1.94 bits per heavy atom. The molecule has 2 rings (SSSR count). The van der Waals surface area contributed by atoms with Crippen LogP contribution in [0.25, 0.3) is 11.4 Å². The lowest BCUT2D eigenvalue weighted by molar-refractivity contribution is 0.639. The Balaban J connectivity index is 2.12. The highest BCUT2D eigenvalue weighted by Crippen LogP contribution is 2.21. The van der Waals surface area contributed by atoms with E-state index in [4.69, 9.17) is 11.6 Å². The van der Waals surface area contributed by atoms with Crippen LogP contribution in [0.15, 0.2) is 30.3 Å². The molecule has 0 fully saturated rings. The smallest absolute Gasteiger partial charge is 0.225 e. The molecule has 0 amide bonds. The van der Waals surface area contributed by atoms with E-state index >= 15 is 0 Å². The molecule has 0 aliphatic rings. The molecule has 0 unspecified atom stereocenters. The third-order valence-corrected chi connectivity index (χ3v) is 3.69. The van der Waals surface area contributed by atoms with Crippen LogP contribution in [0.1, 0.15) is 12.8 Å². The molecule has 0 N–H and O–H groups in total. The molecule has 0 bridgehead atoms. The van der Waals surface area contributed by atoms with Gasteiger partial charge in [0, 0.05) is 12.1 Å². The van der Waals surface area contributed by atoms with Gasteiger partial charge in [0.25, 0.3) is 0 Å². The summed E-state index contributed by atoms with van der Waals surface area (Å²) in [6.45, 7) is 0.872. The zero-order chi connectivity index (χ0) is 12.8. The number of halogens is 1. The van der Waals surface area contributed by atoms with Gasteiger partial charge >= 0.3 is 0 Å². The number of unbranched alkanes of at least 4 members (excludes halogenated alkanes) is 1. The van der Waals surface area contributed by atoms with E-state index in [9.17, 15) is 0 Å². The van der Waals surface area contributed by atoms with Crippen LogP contribution in [-0.4, -0.2) is 26.8 Å². The van der Waals surface area contributed by atoms with Crippen LogP contribution in [0.5, 0.6) is 0 Å². The van der Waals surface area contributed by atoms with Gasteiger partial charge in [0.2, 0.25) is 5.28 Å². The zero-order valence-electron chi connectivity index (χ0n) is 10.3. The minimum atomic E-state index is 0.470. The molecule has 0 aliphatic carbocycles. The Kier molecular flexibility index (Phi) is 5.08. The van der Waals surface area contributed by atoms with Crippen molar-refractivity contribution in [2.24, 2.45) is 0 Å². The lowest BCUT2D eigenvalue weighted by atomic mass is 10.2. The largest absolute Gasteiger partial charge is 0.298 e. The molecule has 3 nitrogen and oxygen atoms in total. The number of hydrogen-bond acceptors (Lipinski definition) is 3. The van der Waals surface area contributed by atoms with Crippen LogP contribution in [0.2, 0.25) is 5.28 Å². The molecule has 18 heavy (non-hydrogen) atoms. The van der Waals surface area contributed by atoms with Crippen molar-refractivity contribution in [3.8, 4) is 11.4 Å². The van der Waals surface area contributed by atoms with E-state index in [1.807, 2.05) is 46.7 Å². The minimum absolute atomic E-state index is 0.470. The number of aromatic nitrogens is 3. The molecule has 1 heterocycles. The second kappa shape index (κ2) is 6.81. The van der Waals surface area contributed by atoms with Gasteiger partial charge < -0.3 is 0 Å². The van der Waals surface area contributed by atoms with E-state index in [2.05, 4.69) is 16.5 Å². The Bertz CT molecular complexity index is 484. The monoisotopic (exact) mass is 281 g/mol. The molecule has 0 atom stereocenters. The minimum Gasteiger partial charge on any atom is -0.298 e. The third kappa shape index (κ3) is 3.27. The predicted octanol–water partition coefficient (Wildman–Crippen LogP) is 3.74. The number of hydrogen-bond donors (Lipinski definition) is 0. The highest BCUT2D eigenvalue weighted by Gasteiger charge is 2.11. The Morgan fingerprint density at radius 1 is 1.17 bits per heavy atom. The fraction of sp³-hybridized carbons (Fsp3) is 0.385. The first-order valence-corrected chi connectivity index (χ1v) is 7.73. The van der Waals surface area contributed by atoms with Gasteiger partial charge in [-0.05, 0) is 36.5 Å². The molecule has 5 heteroatoms. The third-order valence-electron chi connectivity index (χ3n) is 2.72. The number of benzene rings is 1.